The maximum absolute atomic E-state index is 11.7. The number of hydrogen-bond acceptors (Lipinski definition) is 4. The van der Waals surface area contributed by atoms with E-state index in [-0.39, 0.29) is 18.0 Å². The lowest BCUT2D eigenvalue weighted by molar-refractivity contribution is -0.139. The van der Waals surface area contributed by atoms with Crippen molar-refractivity contribution in [2.75, 3.05) is 13.1 Å². The van der Waals surface area contributed by atoms with Crippen molar-refractivity contribution >= 4 is 11.9 Å². The van der Waals surface area contributed by atoms with Crippen molar-refractivity contribution in [1.82, 2.24) is 16.0 Å². The van der Waals surface area contributed by atoms with Crippen LogP contribution in [0.1, 0.15) is 19.3 Å². The van der Waals surface area contributed by atoms with Crippen molar-refractivity contribution < 1.29 is 14.7 Å². The fourth-order valence-corrected chi connectivity index (χ4v) is 2.24. The van der Waals surface area contributed by atoms with Crippen LogP contribution in [0, 0.1) is 0 Å². The van der Waals surface area contributed by atoms with E-state index in [2.05, 4.69) is 16.0 Å². The van der Waals surface area contributed by atoms with Crippen LogP contribution >= 0.6 is 0 Å². The number of hydrogen-bond donors (Lipinski definition) is 4. The molecule has 2 fully saturated rings. The maximum Gasteiger partial charge on any atom is 0.320 e. The van der Waals surface area contributed by atoms with E-state index in [0.29, 0.717) is 13.0 Å². The quantitative estimate of drug-likeness (QED) is 0.479. The Labute approximate surface area is 93.8 Å². The summed E-state index contributed by atoms with van der Waals surface area (Å²) in [4.78, 5) is 22.4. The molecule has 0 saturated carbocycles. The third kappa shape index (κ3) is 2.51. The van der Waals surface area contributed by atoms with Gasteiger partial charge in [-0.05, 0) is 25.8 Å². The fraction of sp³-hybridized carbons (Fsp3) is 0.800. The Morgan fingerprint density at radius 1 is 1.25 bits per heavy atom. The van der Waals surface area contributed by atoms with E-state index in [1.807, 2.05) is 0 Å². The fourth-order valence-electron chi connectivity index (χ4n) is 2.24. The summed E-state index contributed by atoms with van der Waals surface area (Å²) in [6, 6.07) is -0.679. The van der Waals surface area contributed by atoms with Crippen molar-refractivity contribution in [3.05, 3.63) is 0 Å². The largest absolute Gasteiger partial charge is 0.480 e. The van der Waals surface area contributed by atoms with Gasteiger partial charge >= 0.3 is 5.97 Å². The highest BCUT2D eigenvalue weighted by Gasteiger charge is 2.31. The zero-order valence-corrected chi connectivity index (χ0v) is 9.03. The molecule has 0 bridgehead atoms. The summed E-state index contributed by atoms with van der Waals surface area (Å²) in [5, 5.41) is 17.7. The van der Waals surface area contributed by atoms with Gasteiger partial charge in [-0.1, -0.05) is 0 Å². The molecule has 90 valence electrons. The molecule has 0 aromatic rings. The van der Waals surface area contributed by atoms with Gasteiger partial charge in [0.2, 0.25) is 5.91 Å². The van der Waals surface area contributed by atoms with Gasteiger partial charge in [0, 0.05) is 12.6 Å². The SMILES string of the molecule is O=C(O)C1CC(NC(=O)C2CCCN2)CN1. The normalized spacial score (nSPS) is 33.9. The standard InChI is InChI=1S/C10H17N3O3/c14-9(7-2-1-3-11-7)13-6-4-8(10(15)16)12-5-6/h6-8,11-12H,1-5H2,(H,13,14)(H,15,16). The first kappa shape index (κ1) is 11.3. The van der Waals surface area contributed by atoms with E-state index < -0.39 is 12.0 Å². The summed E-state index contributed by atoms with van der Waals surface area (Å²) in [5.74, 6) is -0.855. The smallest absolute Gasteiger partial charge is 0.320 e. The third-order valence-corrected chi connectivity index (χ3v) is 3.15. The first-order valence-corrected chi connectivity index (χ1v) is 5.67. The van der Waals surface area contributed by atoms with E-state index in [1.165, 1.54) is 0 Å². The zero-order chi connectivity index (χ0) is 11.5. The molecule has 2 rings (SSSR count). The molecule has 0 radical (unpaired) electrons. The first-order chi connectivity index (χ1) is 7.66. The average molecular weight is 227 g/mol. The van der Waals surface area contributed by atoms with Gasteiger partial charge in [-0.3, -0.25) is 9.59 Å². The Morgan fingerprint density at radius 3 is 2.62 bits per heavy atom. The summed E-state index contributed by atoms with van der Waals surface area (Å²) < 4.78 is 0. The second-order valence-corrected chi connectivity index (χ2v) is 4.39. The predicted molar refractivity (Wildman–Crippen MR) is 57.0 cm³/mol. The molecule has 0 aromatic heterocycles. The molecule has 2 heterocycles. The van der Waals surface area contributed by atoms with Gasteiger partial charge in [-0.2, -0.15) is 0 Å². The number of carbonyl (C=O) groups is 2. The number of aliphatic carboxylic acids is 1. The summed E-state index contributed by atoms with van der Waals surface area (Å²) >= 11 is 0. The van der Waals surface area contributed by atoms with Crippen molar-refractivity contribution in [1.29, 1.82) is 0 Å². The molecular formula is C10H17N3O3. The highest BCUT2D eigenvalue weighted by Crippen LogP contribution is 2.09. The molecule has 3 atom stereocenters. The van der Waals surface area contributed by atoms with Crippen LogP contribution in [0.15, 0.2) is 0 Å². The number of nitrogens with one attached hydrogen (secondary N) is 3. The van der Waals surface area contributed by atoms with Crippen LogP contribution in [0.5, 0.6) is 0 Å². The average Bonchev–Trinajstić information content (AvgIpc) is 2.87. The van der Waals surface area contributed by atoms with Gasteiger partial charge in [0.25, 0.3) is 0 Å². The minimum atomic E-state index is -0.851. The Morgan fingerprint density at radius 2 is 2.06 bits per heavy atom. The second-order valence-electron chi connectivity index (χ2n) is 4.39. The Bertz CT molecular complexity index is 289. The number of carbonyl (C=O) groups excluding carboxylic acids is 1. The van der Waals surface area contributed by atoms with E-state index in [4.69, 9.17) is 5.11 Å². The van der Waals surface area contributed by atoms with Crippen LogP contribution in [0.2, 0.25) is 0 Å². The molecule has 2 aliphatic rings. The highest BCUT2D eigenvalue weighted by atomic mass is 16.4. The monoisotopic (exact) mass is 227 g/mol. The van der Waals surface area contributed by atoms with Crippen molar-refractivity contribution in [2.45, 2.75) is 37.4 Å². The van der Waals surface area contributed by atoms with Crippen molar-refractivity contribution in [3.8, 4) is 0 Å². The second kappa shape index (κ2) is 4.80. The minimum Gasteiger partial charge on any atom is -0.480 e. The number of carboxylic acids is 1. The Balaban J connectivity index is 1.78. The van der Waals surface area contributed by atoms with Gasteiger partial charge < -0.3 is 21.1 Å². The molecule has 2 aliphatic heterocycles. The lowest BCUT2D eigenvalue weighted by Gasteiger charge is -2.15. The molecule has 0 aliphatic carbocycles. The van der Waals surface area contributed by atoms with E-state index in [0.717, 1.165) is 19.4 Å². The van der Waals surface area contributed by atoms with E-state index >= 15 is 0 Å². The first-order valence-electron chi connectivity index (χ1n) is 5.67. The van der Waals surface area contributed by atoms with Crippen molar-refractivity contribution in [3.63, 3.8) is 0 Å². The summed E-state index contributed by atoms with van der Waals surface area (Å²) in [6.45, 7) is 1.42. The van der Waals surface area contributed by atoms with Gasteiger partial charge in [-0.25, -0.2) is 0 Å². The summed E-state index contributed by atoms with van der Waals surface area (Å²) in [6.07, 6.45) is 2.36. The number of rotatable bonds is 3. The Kier molecular flexibility index (Phi) is 3.40. The van der Waals surface area contributed by atoms with Gasteiger partial charge in [0.15, 0.2) is 0 Å². The topological polar surface area (TPSA) is 90.5 Å². The van der Waals surface area contributed by atoms with Crippen LogP contribution in [0.25, 0.3) is 0 Å². The molecule has 4 N–H and O–H groups in total. The minimum absolute atomic E-state index is 0.00432. The molecular weight excluding hydrogens is 210 g/mol. The van der Waals surface area contributed by atoms with E-state index in [9.17, 15) is 9.59 Å². The third-order valence-electron chi connectivity index (χ3n) is 3.15. The van der Waals surface area contributed by atoms with Crippen LogP contribution in [0.3, 0.4) is 0 Å². The molecule has 0 spiro atoms. The summed E-state index contributed by atoms with van der Waals surface area (Å²) in [7, 11) is 0. The predicted octanol–water partition coefficient (Wildman–Crippen LogP) is -1.33. The van der Waals surface area contributed by atoms with Gasteiger partial charge in [0.05, 0.1) is 6.04 Å². The Hall–Kier alpha value is -1.14. The molecule has 6 nitrogen and oxygen atoms in total. The van der Waals surface area contributed by atoms with Crippen LogP contribution in [-0.4, -0.2) is 48.2 Å². The van der Waals surface area contributed by atoms with Crippen LogP contribution < -0.4 is 16.0 Å². The van der Waals surface area contributed by atoms with Gasteiger partial charge in [-0.15, -0.1) is 0 Å². The molecule has 2 saturated heterocycles. The molecule has 3 unspecified atom stereocenters. The van der Waals surface area contributed by atoms with Gasteiger partial charge in [0.1, 0.15) is 6.04 Å². The number of amides is 1. The number of carboxylic acid groups (broad SMARTS) is 1. The molecule has 0 aromatic carbocycles. The van der Waals surface area contributed by atoms with Crippen LogP contribution in [-0.2, 0) is 9.59 Å². The lowest BCUT2D eigenvalue weighted by Crippen LogP contribution is -2.45. The molecule has 6 heteroatoms. The summed E-state index contributed by atoms with van der Waals surface area (Å²) in [5.41, 5.74) is 0. The van der Waals surface area contributed by atoms with Crippen molar-refractivity contribution in [2.24, 2.45) is 0 Å². The molecule has 16 heavy (non-hydrogen) atoms. The van der Waals surface area contributed by atoms with E-state index in [1.54, 1.807) is 0 Å². The highest BCUT2D eigenvalue weighted by molar-refractivity contribution is 5.82. The molecule has 1 amide bonds. The lowest BCUT2D eigenvalue weighted by atomic mass is 10.1. The zero-order valence-electron chi connectivity index (χ0n) is 9.03. The van der Waals surface area contributed by atoms with Crippen LogP contribution in [0.4, 0.5) is 0 Å². The maximum atomic E-state index is 11.7.